The smallest absolute Gasteiger partial charge is 0.198 e. The summed E-state index contributed by atoms with van der Waals surface area (Å²) in [6.45, 7) is 6.86. The summed E-state index contributed by atoms with van der Waals surface area (Å²) in [5.74, 6) is 0. The second-order valence-corrected chi connectivity index (χ2v) is 4.24. The summed E-state index contributed by atoms with van der Waals surface area (Å²) in [5, 5.41) is 0.451. The van der Waals surface area contributed by atoms with Crippen LogP contribution in [-0.4, -0.2) is 25.1 Å². The van der Waals surface area contributed by atoms with E-state index in [1.54, 1.807) is 0 Å². The van der Waals surface area contributed by atoms with E-state index in [2.05, 4.69) is 0 Å². The van der Waals surface area contributed by atoms with Crippen molar-refractivity contribution in [1.29, 1.82) is 0 Å². The monoisotopic (exact) mass is 206 g/mol. The molecule has 0 aromatic rings. The van der Waals surface area contributed by atoms with E-state index in [1.165, 1.54) is 6.26 Å². The van der Waals surface area contributed by atoms with E-state index in [9.17, 15) is 0 Å². The Balaban J connectivity index is 2.56. The van der Waals surface area contributed by atoms with Gasteiger partial charge >= 0.3 is 0 Å². The number of hydrogen-bond acceptors (Lipinski definition) is 3. The Labute approximate surface area is 83.6 Å². The minimum Gasteiger partial charge on any atom is -0.497 e. The molecule has 3 nitrogen and oxygen atoms in total. The zero-order chi connectivity index (χ0) is 9.90. The number of rotatable bonds is 1. The summed E-state index contributed by atoms with van der Waals surface area (Å²) in [6, 6.07) is 0. The Morgan fingerprint density at radius 3 is 2.77 bits per heavy atom. The average molecular weight is 207 g/mol. The molecule has 0 spiro atoms. The fourth-order valence-corrected chi connectivity index (χ4v) is 1.06. The van der Waals surface area contributed by atoms with Crippen LogP contribution in [0.3, 0.4) is 0 Å². The zero-order valence-corrected chi connectivity index (χ0v) is 8.93. The van der Waals surface area contributed by atoms with E-state index in [1.807, 2.05) is 20.8 Å². The zero-order valence-electron chi connectivity index (χ0n) is 8.17. The molecule has 1 unspecified atom stereocenters. The predicted octanol–water partition coefficient (Wildman–Crippen LogP) is 2.25. The van der Waals surface area contributed by atoms with Crippen molar-refractivity contribution in [2.24, 2.45) is 0 Å². The SMILES string of the molecule is CC(C)(C)OC1OCCOC=C1Cl. The van der Waals surface area contributed by atoms with Crippen LogP contribution in [-0.2, 0) is 14.2 Å². The van der Waals surface area contributed by atoms with Gasteiger partial charge in [0.05, 0.1) is 12.2 Å². The molecule has 0 aliphatic carbocycles. The molecule has 0 amide bonds. The minimum atomic E-state index is -0.496. The maximum Gasteiger partial charge on any atom is 0.198 e. The van der Waals surface area contributed by atoms with E-state index in [0.29, 0.717) is 18.2 Å². The highest BCUT2D eigenvalue weighted by atomic mass is 35.5. The molecule has 1 rings (SSSR count). The summed E-state index contributed by atoms with van der Waals surface area (Å²) < 4.78 is 16.0. The van der Waals surface area contributed by atoms with Crippen LogP contribution in [0.25, 0.3) is 0 Å². The molecule has 0 saturated carbocycles. The predicted molar refractivity (Wildman–Crippen MR) is 50.5 cm³/mol. The molecule has 13 heavy (non-hydrogen) atoms. The van der Waals surface area contributed by atoms with Gasteiger partial charge in [0.1, 0.15) is 17.9 Å². The second kappa shape index (κ2) is 4.31. The van der Waals surface area contributed by atoms with Crippen molar-refractivity contribution < 1.29 is 14.2 Å². The minimum absolute atomic E-state index is 0.275. The van der Waals surface area contributed by atoms with Gasteiger partial charge in [-0.3, -0.25) is 0 Å². The fourth-order valence-electron chi connectivity index (χ4n) is 0.888. The van der Waals surface area contributed by atoms with Crippen LogP contribution in [0.2, 0.25) is 0 Å². The van der Waals surface area contributed by atoms with Crippen LogP contribution >= 0.6 is 11.6 Å². The van der Waals surface area contributed by atoms with Crippen molar-refractivity contribution >= 4 is 11.6 Å². The molecule has 1 aliphatic rings. The van der Waals surface area contributed by atoms with Crippen molar-refractivity contribution in [3.8, 4) is 0 Å². The second-order valence-electron chi connectivity index (χ2n) is 3.81. The van der Waals surface area contributed by atoms with Crippen LogP contribution in [0.15, 0.2) is 11.3 Å². The molecule has 0 fully saturated rings. The van der Waals surface area contributed by atoms with Crippen LogP contribution in [0.4, 0.5) is 0 Å². The maximum absolute atomic E-state index is 5.88. The van der Waals surface area contributed by atoms with Gasteiger partial charge in [0.25, 0.3) is 0 Å². The third-order valence-corrected chi connectivity index (χ3v) is 1.62. The lowest BCUT2D eigenvalue weighted by atomic mass is 10.2. The van der Waals surface area contributed by atoms with E-state index in [-0.39, 0.29) is 5.60 Å². The molecule has 0 saturated heterocycles. The van der Waals surface area contributed by atoms with Gasteiger partial charge in [-0.05, 0) is 20.8 Å². The number of hydrogen-bond donors (Lipinski definition) is 0. The van der Waals surface area contributed by atoms with Gasteiger partial charge in [0, 0.05) is 0 Å². The van der Waals surface area contributed by atoms with Crippen LogP contribution in [0.1, 0.15) is 20.8 Å². The number of ether oxygens (including phenoxy) is 3. The van der Waals surface area contributed by atoms with E-state index < -0.39 is 6.29 Å². The molecular formula is C9H15ClO3. The van der Waals surface area contributed by atoms with Crippen molar-refractivity contribution in [3.63, 3.8) is 0 Å². The first-order valence-corrected chi connectivity index (χ1v) is 4.63. The highest BCUT2D eigenvalue weighted by Crippen LogP contribution is 2.21. The highest BCUT2D eigenvalue weighted by Gasteiger charge is 2.23. The molecule has 4 heteroatoms. The van der Waals surface area contributed by atoms with E-state index >= 15 is 0 Å². The Morgan fingerprint density at radius 2 is 2.15 bits per heavy atom. The van der Waals surface area contributed by atoms with Gasteiger partial charge in [0.2, 0.25) is 0 Å². The van der Waals surface area contributed by atoms with Gasteiger partial charge in [-0.25, -0.2) is 0 Å². The molecule has 0 N–H and O–H groups in total. The Bertz CT molecular complexity index is 196. The average Bonchev–Trinajstić information content (AvgIpc) is 2.14. The lowest BCUT2D eigenvalue weighted by Gasteiger charge is -2.25. The van der Waals surface area contributed by atoms with E-state index in [4.69, 9.17) is 25.8 Å². The molecule has 1 heterocycles. The Hall–Kier alpha value is -0.250. The third-order valence-electron chi connectivity index (χ3n) is 1.35. The summed E-state index contributed by atoms with van der Waals surface area (Å²) in [4.78, 5) is 0. The lowest BCUT2D eigenvalue weighted by Crippen LogP contribution is -2.29. The topological polar surface area (TPSA) is 27.7 Å². The van der Waals surface area contributed by atoms with Crippen molar-refractivity contribution in [2.45, 2.75) is 32.7 Å². The summed E-state index contributed by atoms with van der Waals surface area (Å²) in [7, 11) is 0. The molecule has 0 aromatic heterocycles. The molecule has 0 radical (unpaired) electrons. The third kappa shape index (κ3) is 3.98. The first-order chi connectivity index (χ1) is 5.99. The molecular weight excluding hydrogens is 192 g/mol. The van der Waals surface area contributed by atoms with Gasteiger partial charge in [-0.2, -0.15) is 0 Å². The maximum atomic E-state index is 5.88. The molecule has 0 aromatic carbocycles. The van der Waals surface area contributed by atoms with Gasteiger partial charge < -0.3 is 14.2 Å². The fraction of sp³-hybridized carbons (Fsp3) is 0.778. The largest absolute Gasteiger partial charge is 0.497 e. The van der Waals surface area contributed by atoms with Gasteiger partial charge in [-0.15, -0.1) is 0 Å². The first-order valence-electron chi connectivity index (χ1n) is 4.25. The first kappa shape index (κ1) is 10.8. The molecule has 76 valence electrons. The highest BCUT2D eigenvalue weighted by molar-refractivity contribution is 6.29. The van der Waals surface area contributed by atoms with Gasteiger partial charge in [-0.1, -0.05) is 11.6 Å². The van der Waals surface area contributed by atoms with Crippen LogP contribution < -0.4 is 0 Å². The summed E-state index contributed by atoms with van der Waals surface area (Å²) >= 11 is 5.88. The molecule has 1 atom stereocenters. The summed E-state index contributed by atoms with van der Waals surface area (Å²) in [5.41, 5.74) is -0.275. The summed E-state index contributed by atoms with van der Waals surface area (Å²) in [6.07, 6.45) is 0.981. The number of halogens is 1. The van der Waals surface area contributed by atoms with E-state index in [0.717, 1.165) is 0 Å². The Morgan fingerprint density at radius 1 is 1.46 bits per heavy atom. The Kier molecular flexibility index (Phi) is 3.59. The lowest BCUT2D eigenvalue weighted by molar-refractivity contribution is -0.170. The van der Waals surface area contributed by atoms with Crippen molar-refractivity contribution in [2.75, 3.05) is 13.2 Å². The van der Waals surface area contributed by atoms with Crippen LogP contribution in [0, 0.1) is 0 Å². The quantitative estimate of drug-likeness (QED) is 0.659. The van der Waals surface area contributed by atoms with Crippen molar-refractivity contribution in [3.05, 3.63) is 11.3 Å². The van der Waals surface area contributed by atoms with Crippen molar-refractivity contribution in [1.82, 2.24) is 0 Å². The van der Waals surface area contributed by atoms with Gasteiger partial charge in [0.15, 0.2) is 6.29 Å². The molecule has 1 aliphatic heterocycles. The molecule has 0 bridgehead atoms. The standard InChI is InChI=1S/C9H15ClO3/c1-9(2,3)13-8-7(10)6-11-4-5-12-8/h6,8H,4-5H2,1-3H3. The van der Waals surface area contributed by atoms with Crippen LogP contribution in [0.5, 0.6) is 0 Å². The normalized spacial score (nSPS) is 24.6.